The summed E-state index contributed by atoms with van der Waals surface area (Å²) in [4.78, 5) is 0. The smallest absolute Gasteiger partial charge is 0.163 e. The molecule has 0 saturated carbocycles. The Morgan fingerprint density at radius 3 is 2.56 bits per heavy atom. The van der Waals surface area contributed by atoms with Gasteiger partial charge in [-0.15, -0.1) is 6.58 Å². The van der Waals surface area contributed by atoms with E-state index in [2.05, 4.69) is 6.58 Å². The van der Waals surface area contributed by atoms with Crippen molar-refractivity contribution >= 4 is 0 Å². The van der Waals surface area contributed by atoms with Crippen LogP contribution in [0.15, 0.2) is 43.0 Å². The highest BCUT2D eigenvalue weighted by Crippen LogP contribution is 2.30. The molecule has 2 atom stereocenters. The maximum atomic E-state index is 5.84. The molecule has 1 aliphatic rings. The predicted molar refractivity (Wildman–Crippen MR) is 70.6 cm³/mol. The van der Waals surface area contributed by atoms with E-state index in [1.807, 2.05) is 50.3 Å². The van der Waals surface area contributed by atoms with Gasteiger partial charge in [-0.3, -0.25) is 0 Å². The van der Waals surface area contributed by atoms with E-state index in [0.29, 0.717) is 6.61 Å². The van der Waals surface area contributed by atoms with Crippen molar-refractivity contribution in [2.45, 2.75) is 38.3 Å². The van der Waals surface area contributed by atoms with Crippen molar-refractivity contribution in [1.82, 2.24) is 0 Å². The maximum Gasteiger partial charge on any atom is 0.163 e. The SMILES string of the molecule is C=CC[C@@H]1OC(C)(C)O[C@@H]1COc1ccccc1. The summed E-state index contributed by atoms with van der Waals surface area (Å²) >= 11 is 0. The van der Waals surface area contributed by atoms with Gasteiger partial charge in [-0.2, -0.15) is 0 Å². The van der Waals surface area contributed by atoms with E-state index in [1.54, 1.807) is 0 Å². The lowest BCUT2D eigenvalue weighted by Crippen LogP contribution is -2.29. The summed E-state index contributed by atoms with van der Waals surface area (Å²) in [5.41, 5.74) is 0. The molecule has 0 bridgehead atoms. The fourth-order valence-corrected chi connectivity index (χ4v) is 2.11. The molecule has 0 amide bonds. The molecule has 98 valence electrons. The van der Waals surface area contributed by atoms with Crippen molar-refractivity contribution in [3.63, 3.8) is 0 Å². The van der Waals surface area contributed by atoms with Crippen LogP contribution in [0.3, 0.4) is 0 Å². The van der Waals surface area contributed by atoms with Crippen LogP contribution in [0.5, 0.6) is 5.75 Å². The third-order valence-electron chi connectivity index (χ3n) is 2.84. The first-order valence-electron chi connectivity index (χ1n) is 6.25. The summed E-state index contributed by atoms with van der Waals surface area (Å²) in [5.74, 6) is 0.307. The zero-order valence-electron chi connectivity index (χ0n) is 11.0. The number of para-hydroxylation sites is 1. The highest BCUT2D eigenvalue weighted by atomic mass is 16.8. The van der Waals surface area contributed by atoms with Gasteiger partial charge >= 0.3 is 0 Å². The van der Waals surface area contributed by atoms with Crippen LogP contribution in [0.2, 0.25) is 0 Å². The van der Waals surface area contributed by atoms with Crippen LogP contribution in [0.1, 0.15) is 20.3 Å². The lowest BCUT2D eigenvalue weighted by atomic mass is 10.1. The first-order chi connectivity index (χ1) is 8.61. The van der Waals surface area contributed by atoms with Crippen LogP contribution in [-0.2, 0) is 9.47 Å². The Bertz CT molecular complexity index is 386. The Labute approximate surface area is 108 Å². The predicted octanol–water partition coefficient (Wildman–Crippen LogP) is 3.16. The zero-order valence-corrected chi connectivity index (χ0v) is 11.0. The Hall–Kier alpha value is -1.32. The van der Waals surface area contributed by atoms with Gasteiger partial charge in [-0.05, 0) is 32.4 Å². The summed E-state index contributed by atoms with van der Waals surface area (Å²) in [5, 5.41) is 0. The fourth-order valence-electron chi connectivity index (χ4n) is 2.11. The molecular weight excluding hydrogens is 228 g/mol. The van der Waals surface area contributed by atoms with Gasteiger partial charge in [0.05, 0.1) is 6.10 Å². The van der Waals surface area contributed by atoms with E-state index in [4.69, 9.17) is 14.2 Å². The molecule has 3 nitrogen and oxygen atoms in total. The molecule has 1 aromatic carbocycles. The molecule has 3 heteroatoms. The first-order valence-corrected chi connectivity index (χ1v) is 6.25. The summed E-state index contributed by atoms with van der Waals surface area (Å²) in [7, 11) is 0. The van der Waals surface area contributed by atoms with E-state index in [9.17, 15) is 0 Å². The highest BCUT2D eigenvalue weighted by molar-refractivity contribution is 5.21. The minimum absolute atomic E-state index is 0.0150. The quantitative estimate of drug-likeness (QED) is 0.749. The van der Waals surface area contributed by atoms with Crippen molar-refractivity contribution in [3.8, 4) is 5.75 Å². The Morgan fingerprint density at radius 2 is 1.89 bits per heavy atom. The van der Waals surface area contributed by atoms with Crippen LogP contribution in [0, 0.1) is 0 Å². The molecule has 0 radical (unpaired) electrons. The van der Waals surface area contributed by atoms with Gasteiger partial charge < -0.3 is 14.2 Å². The molecule has 1 saturated heterocycles. The molecule has 0 spiro atoms. The van der Waals surface area contributed by atoms with Gasteiger partial charge in [0.15, 0.2) is 5.79 Å². The average Bonchev–Trinajstić information content (AvgIpc) is 2.63. The van der Waals surface area contributed by atoms with Gasteiger partial charge in [-0.1, -0.05) is 24.3 Å². The lowest BCUT2D eigenvalue weighted by Gasteiger charge is -2.17. The Morgan fingerprint density at radius 1 is 1.22 bits per heavy atom. The van der Waals surface area contributed by atoms with Crippen LogP contribution < -0.4 is 4.74 Å². The van der Waals surface area contributed by atoms with Crippen LogP contribution in [0.4, 0.5) is 0 Å². The topological polar surface area (TPSA) is 27.7 Å². The maximum absolute atomic E-state index is 5.84. The van der Waals surface area contributed by atoms with E-state index < -0.39 is 5.79 Å². The van der Waals surface area contributed by atoms with Gasteiger partial charge in [-0.25, -0.2) is 0 Å². The first kappa shape index (κ1) is 13.1. The molecule has 18 heavy (non-hydrogen) atoms. The lowest BCUT2D eigenvalue weighted by molar-refractivity contribution is -0.148. The average molecular weight is 248 g/mol. The summed E-state index contributed by atoms with van der Waals surface area (Å²) in [6.07, 6.45) is 2.58. The number of ether oxygens (including phenoxy) is 3. The molecule has 2 rings (SSSR count). The third kappa shape index (κ3) is 3.34. The van der Waals surface area contributed by atoms with Crippen LogP contribution in [0.25, 0.3) is 0 Å². The standard InChI is InChI=1S/C15H20O3/c1-4-8-13-14(18-15(2,3)17-13)11-16-12-9-6-5-7-10-12/h4-7,9-10,13-14H,1,8,11H2,2-3H3/t13-,14+/m0/s1. The summed E-state index contributed by atoms with van der Waals surface area (Å²) in [6, 6.07) is 9.73. The van der Waals surface area contributed by atoms with Gasteiger partial charge in [0, 0.05) is 0 Å². The van der Waals surface area contributed by atoms with Crippen molar-refractivity contribution in [3.05, 3.63) is 43.0 Å². The molecule has 1 aliphatic heterocycles. The van der Waals surface area contributed by atoms with Crippen LogP contribution >= 0.6 is 0 Å². The van der Waals surface area contributed by atoms with Gasteiger partial charge in [0.1, 0.15) is 18.5 Å². The van der Waals surface area contributed by atoms with Crippen molar-refractivity contribution < 1.29 is 14.2 Å². The number of hydrogen-bond donors (Lipinski definition) is 0. The Balaban J connectivity index is 1.93. The van der Waals surface area contributed by atoms with E-state index >= 15 is 0 Å². The monoisotopic (exact) mass is 248 g/mol. The molecule has 1 aromatic rings. The van der Waals surface area contributed by atoms with Crippen molar-refractivity contribution in [2.75, 3.05) is 6.61 Å². The minimum Gasteiger partial charge on any atom is -0.491 e. The van der Waals surface area contributed by atoms with Crippen LogP contribution in [-0.4, -0.2) is 24.6 Å². The second-order valence-corrected chi connectivity index (χ2v) is 4.86. The van der Waals surface area contributed by atoms with E-state index in [-0.39, 0.29) is 12.2 Å². The zero-order chi connectivity index (χ0) is 13.0. The van der Waals surface area contributed by atoms with Gasteiger partial charge in [0.2, 0.25) is 0 Å². The molecular formula is C15H20O3. The second-order valence-electron chi connectivity index (χ2n) is 4.86. The summed E-state index contributed by atoms with van der Waals surface area (Å²) < 4.78 is 17.4. The minimum atomic E-state index is -0.543. The molecule has 0 aliphatic carbocycles. The molecule has 1 fully saturated rings. The normalized spacial score (nSPS) is 25.9. The van der Waals surface area contributed by atoms with E-state index in [1.165, 1.54) is 0 Å². The molecule has 0 unspecified atom stereocenters. The third-order valence-corrected chi connectivity index (χ3v) is 2.84. The number of rotatable bonds is 5. The van der Waals surface area contributed by atoms with Gasteiger partial charge in [0.25, 0.3) is 0 Å². The molecule has 1 heterocycles. The molecule has 0 aromatic heterocycles. The largest absolute Gasteiger partial charge is 0.491 e. The Kier molecular flexibility index (Phi) is 4.04. The summed E-state index contributed by atoms with van der Waals surface area (Å²) in [6.45, 7) is 8.08. The number of hydrogen-bond acceptors (Lipinski definition) is 3. The highest BCUT2D eigenvalue weighted by Gasteiger charge is 2.40. The van der Waals surface area contributed by atoms with Crippen molar-refractivity contribution in [1.29, 1.82) is 0 Å². The fraction of sp³-hybridized carbons (Fsp3) is 0.467. The van der Waals surface area contributed by atoms with Crippen molar-refractivity contribution in [2.24, 2.45) is 0 Å². The second kappa shape index (κ2) is 5.55. The number of benzene rings is 1. The molecule has 0 N–H and O–H groups in total. The van der Waals surface area contributed by atoms with E-state index in [0.717, 1.165) is 12.2 Å².